The van der Waals surface area contributed by atoms with Crippen LogP contribution in [0.4, 0.5) is 0 Å². The topological polar surface area (TPSA) is 91.8 Å². The maximum absolute atomic E-state index is 13.7. The van der Waals surface area contributed by atoms with Gasteiger partial charge in [-0.15, -0.1) is 0 Å². The molecule has 30 heavy (non-hydrogen) atoms. The van der Waals surface area contributed by atoms with Crippen molar-refractivity contribution in [2.45, 2.75) is 55.6 Å². The van der Waals surface area contributed by atoms with Gasteiger partial charge < -0.3 is 24.2 Å². The molecule has 160 valence electrons. The summed E-state index contributed by atoms with van der Waals surface area (Å²) in [6, 6.07) is -0.380. The third kappa shape index (κ3) is 1.63. The summed E-state index contributed by atoms with van der Waals surface area (Å²) in [6.07, 6.45) is 0.597. The van der Waals surface area contributed by atoms with E-state index in [9.17, 15) is 14.7 Å². The van der Waals surface area contributed by atoms with Gasteiger partial charge in [0.25, 0.3) is 0 Å². The Kier molecular flexibility index (Phi) is 3.18. The maximum atomic E-state index is 13.7. The molecule has 1 unspecified atom stereocenters. The van der Waals surface area contributed by atoms with Crippen molar-refractivity contribution >= 4 is 11.6 Å². The second-order valence-electron chi connectivity index (χ2n) is 9.57. The normalized spacial score (nSPS) is 49.2. The van der Waals surface area contributed by atoms with Gasteiger partial charge in [-0.3, -0.25) is 19.4 Å². The lowest BCUT2D eigenvalue weighted by atomic mass is 9.63. The van der Waals surface area contributed by atoms with Crippen LogP contribution in [-0.4, -0.2) is 108 Å². The van der Waals surface area contributed by atoms with Crippen LogP contribution in [0.5, 0.6) is 0 Å². The van der Waals surface area contributed by atoms with Gasteiger partial charge in [0.2, 0.25) is 5.78 Å². The highest BCUT2D eigenvalue weighted by Gasteiger charge is 2.74. The Morgan fingerprint density at radius 1 is 1.20 bits per heavy atom. The van der Waals surface area contributed by atoms with Crippen LogP contribution >= 0.6 is 0 Å². The highest BCUT2D eigenvalue weighted by Crippen LogP contribution is 2.58. The number of likely N-dealkylation sites (N-methyl/N-ethyl adjacent to an activating group) is 1. The van der Waals surface area contributed by atoms with E-state index in [4.69, 9.17) is 14.2 Å². The summed E-state index contributed by atoms with van der Waals surface area (Å²) in [4.78, 5) is 33.9. The van der Waals surface area contributed by atoms with Crippen LogP contribution in [0.3, 0.4) is 0 Å². The van der Waals surface area contributed by atoms with Gasteiger partial charge in [-0.25, -0.2) is 0 Å². The molecule has 0 radical (unpaired) electrons. The van der Waals surface area contributed by atoms with E-state index in [0.717, 1.165) is 6.42 Å². The maximum Gasteiger partial charge on any atom is 0.229 e. The smallest absolute Gasteiger partial charge is 0.229 e. The van der Waals surface area contributed by atoms with E-state index in [1.165, 1.54) is 7.11 Å². The van der Waals surface area contributed by atoms with E-state index in [1.54, 1.807) is 6.92 Å². The van der Waals surface area contributed by atoms with Crippen molar-refractivity contribution in [3.05, 3.63) is 22.6 Å². The Labute approximate surface area is 173 Å². The lowest BCUT2D eigenvalue weighted by molar-refractivity contribution is -0.193. The third-order valence-electron chi connectivity index (χ3n) is 8.70. The first-order chi connectivity index (χ1) is 14.4. The molecule has 5 fully saturated rings. The van der Waals surface area contributed by atoms with Gasteiger partial charge in [0, 0.05) is 24.1 Å². The lowest BCUT2D eigenvalue weighted by Gasteiger charge is -2.62. The predicted octanol–water partition coefficient (Wildman–Crippen LogP) is -1.17. The molecule has 2 bridgehead atoms. The van der Waals surface area contributed by atoms with E-state index in [-0.39, 0.29) is 60.0 Å². The van der Waals surface area contributed by atoms with Crippen molar-refractivity contribution < 1.29 is 28.9 Å². The van der Waals surface area contributed by atoms with Gasteiger partial charge in [-0.2, -0.15) is 0 Å². The minimum absolute atomic E-state index is 0.0223. The third-order valence-corrected chi connectivity index (χ3v) is 8.70. The number of ketones is 2. The van der Waals surface area contributed by atoms with Crippen molar-refractivity contribution in [1.29, 1.82) is 0 Å². The second-order valence-corrected chi connectivity index (χ2v) is 9.57. The number of ether oxygens (including phenoxy) is 3. The summed E-state index contributed by atoms with van der Waals surface area (Å²) < 4.78 is 17.7. The molecule has 0 aromatic carbocycles. The largest absolute Gasteiger partial charge is 0.492 e. The number of hydrogen-bond donors (Lipinski definition) is 1. The van der Waals surface area contributed by atoms with Gasteiger partial charge in [0.1, 0.15) is 12.5 Å². The van der Waals surface area contributed by atoms with Crippen LogP contribution in [-0.2, 0) is 23.8 Å². The van der Waals surface area contributed by atoms with Crippen LogP contribution < -0.4 is 0 Å². The van der Waals surface area contributed by atoms with E-state index in [1.807, 2.05) is 0 Å². The number of piperidine rings is 1. The highest BCUT2D eigenvalue weighted by molar-refractivity contribution is 6.24. The van der Waals surface area contributed by atoms with E-state index in [2.05, 4.69) is 21.7 Å². The predicted molar refractivity (Wildman–Crippen MR) is 101 cm³/mol. The Morgan fingerprint density at radius 2 is 2.00 bits per heavy atom. The number of nitrogens with zero attached hydrogens (tertiary/aromatic N) is 3. The van der Waals surface area contributed by atoms with Gasteiger partial charge in [0.05, 0.1) is 49.7 Å². The molecule has 0 saturated carbocycles. The molecule has 8 atom stereocenters. The molecule has 1 aliphatic carbocycles. The molecule has 6 aliphatic heterocycles. The van der Waals surface area contributed by atoms with Crippen LogP contribution in [0.15, 0.2) is 22.6 Å². The first kappa shape index (κ1) is 17.9. The number of fused-ring (bicyclic) bond motifs is 7. The van der Waals surface area contributed by atoms with E-state index >= 15 is 0 Å². The summed E-state index contributed by atoms with van der Waals surface area (Å²) in [6.45, 7) is 2.99. The van der Waals surface area contributed by atoms with Crippen LogP contribution in [0.1, 0.15) is 13.3 Å². The zero-order chi connectivity index (χ0) is 20.7. The Bertz CT molecular complexity index is 976. The summed E-state index contributed by atoms with van der Waals surface area (Å²) in [7, 11) is 3.51. The monoisotopic (exact) mass is 415 g/mol. The fraction of sp³-hybridized carbons (Fsp3) is 0.714. The number of carbonyl (C=O) groups excluding carboxylic acids is 2. The molecule has 0 amide bonds. The zero-order valence-corrected chi connectivity index (χ0v) is 17.2. The summed E-state index contributed by atoms with van der Waals surface area (Å²) >= 11 is 0. The summed E-state index contributed by atoms with van der Waals surface area (Å²) in [5.74, 6) is -0.541. The number of aliphatic hydroxyl groups is 1. The van der Waals surface area contributed by atoms with Gasteiger partial charge >= 0.3 is 0 Å². The Morgan fingerprint density at radius 3 is 2.77 bits per heavy atom. The Balaban J connectivity index is 1.54. The molecule has 7 aliphatic rings. The zero-order valence-electron chi connectivity index (χ0n) is 17.2. The summed E-state index contributed by atoms with van der Waals surface area (Å²) in [5.41, 5.74) is -0.936. The van der Waals surface area contributed by atoms with Crippen LogP contribution in [0, 0.1) is 5.92 Å². The first-order valence-electron chi connectivity index (χ1n) is 10.7. The SMILES string of the molecule is COC1=C(C)C(=O)C2(O)C(=C3CO[C@@H]4[C@H]5C[C@@H]6[C@H]([C@H]([C@@H]2N2CCO[C@@H]62)N34)N5C)C1=O. The molecule has 9 nitrogen and oxygen atoms in total. The number of piperazine rings is 1. The minimum atomic E-state index is -1.93. The lowest BCUT2D eigenvalue weighted by Crippen LogP contribution is -2.81. The summed E-state index contributed by atoms with van der Waals surface area (Å²) in [5, 5.41) is 12.2. The second kappa shape index (κ2) is 5.34. The van der Waals surface area contributed by atoms with E-state index < -0.39 is 23.2 Å². The number of carbonyl (C=O) groups is 2. The van der Waals surface area contributed by atoms with Crippen LogP contribution in [0.25, 0.3) is 0 Å². The van der Waals surface area contributed by atoms with Crippen molar-refractivity contribution in [2.24, 2.45) is 5.92 Å². The van der Waals surface area contributed by atoms with Crippen molar-refractivity contribution in [1.82, 2.24) is 14.7 Å². The van der Waals surface area contributed by atoms with Crippen molar-refractivity contribution in [3.8, 4) is 0 Å². The molecular formula is C21H25N3O6. The molecule has 0 spiro atoms. The average molecular weight is 415 g/mol. The number of hydrogen-bond acceptors (Lipinski definition) is 9. The number of allylic oxidation sites excluding steroid dienone is 1. The molecule has 6 heterocycles. The quantitative estimate of drug-likeness (QED) is 0.569. The van der Waals surface area contributed by atoms with Crippen molar-refractivity contribution in [2.75, 3.05) is 33.9 Å². The van der Waals surface area contributed by atoms with Gasteiger partial charge in [0.15, 0.2) is 17.1 Å². The van der Waals surface area contributed by atoms with Crippen molar-refractivity contribution in [3.63, 3.8) is 0 Å². The molecule has 7 rings (SSSR count). The van der Waals surface area contributed by atoms with E-state index in [0.29, 0.717) is 18.8 Å². The number of Topliss-reactive ketones (excluding diaryl/α,β-unsaturated/α-hetero) is 2. The molecule has 0 aromatic rings. The average Bonchev–Trinajstić information content (AvgIpc) is 3.41. The molecule has 1 N–H and O–H groups in total. The molecule has 0 aromatic heterocycles. The minimum Gasteiger partial charge on any atom is -0.492 e. The van der Waals surface area contributed by atoms with Gasteiger partial charge in [-0.05, 0) is 20.4 Å². The Hall–Kier alpha value is -1.78. The molecular weight excluding hydrogens is 390 g/mol. The molecule has 9 heteroatoms. The fourth-order valence-corrected chi connectivity index (χ4v) is 7.72. The van der Waals surface area contributed by atoms with Crippen LogP contribution in [0.2, 0.25) is 0 Å². The fourth-order valence-electron chi connectivity index (χ4n) is 7.72. The van der Waals surface area contributed by atoms with Gasteiger partial charge in [-0.1, -0.05) is 0 Å². The first-order valence-corrected chi connectivity index (χ1v) is 10.7. The highest BCUT2D eigenvalue weighted by atomic mass is 16.5. The molecule has 5 saturated heterocycles. The number of methoxy groups -OCH3 is 1. The number of rotatable bonds is 1. The standard InChI is InChI=1S/C21H25N3O6/c1-8-16(28-3)15(25)12-11-7-30-20-10-6-9-13(22(10)2)14(24(11)20)17(21(12,27)18(8)26)23-4-5-29-19(9)23/h9-10,13-14,17,19-20,27H,4-7H2,1-3H3/t9-,10-,13-,14-,17+,19+,20-,21?/m1/s1.